The van der Waals surface area contributed by atoms with Crippen LogP contribution in [0.2, 0.25) is 5.02 Å². The summed E-state index contributed by atoms with van der Waals surface area (Å²) < 4.78 is 40.9. The first-order chi connectivity index (χ1) is 9.88. The van der Waals surface area contributed by atoms with Crippen LogP contribution in [0.3, 0.4) is 0 Å². The minimum Gasteiger partial charge on any atom is -0.327 e. The van der Waals surface area contributed by atoms with Gasteiger partial charge in [0, 0.05) is 30.0 Å². The summed E-state index contributed by atoms with van der Waals surface area (Å²) in [4.78, 5) is 8.05. The van der Waals surface area contributed by atoms with E-state index >= 15 is 0 Å². The topological polar surface area (TPSA) is 30.7 Å². The predicted molar refractivity (Wildman–Crippen MR) is 74.0 cm³/mol. The van der Waals surface area contributed by atoms with Crippen molar-refractivity contribution in [3.63, 3.8) is 0 Å². The quantitative estimate of drug-likeness (QED) is 0.670. The van der Waals surface area contributed by atoms with Crippen molar-refractivity contribution in [2.24, 2.45) is 7.05 Å². The lowest BCUT2D eigenvalue weighted by molar-refractivity contribution is -0.137. The van der Waals surface area contributed by atoms with Crippen LogP contribution in [0.15, 0.2) is 36.7 Å². The average molecular weight is 312 g/mol. The molecule has 0 aliphatic carbocycles. The molecule has 108 valence electrons. The fourth-order valence-electron chi connectivity index (χ4n) is 2.22. The Bertz CT molecular complexity index is 824. The molecule has 0 amide bonds. The molecule has 3 rings (SSSR count). The van der Waals surface area contributed by atoms with Crippen molar-refractivity contribution in [2.75, 3.05) is 0 Å². The number of imidazole rings is 1. The molecular formula is C14H9ClF3N3. The van der Waals surface area contributed by atoms with Gasteiger partial charge in [-0.05, 0) is 24.3 Å². The molecule has 21 heavy (non-hydrogen) atoms. The van der Waals surface area contributed by atoms with Crippen molar-refractivity contribution >= 4 is 22.6 Å². The molecule has 0 aliphatic rings. The summed E-state index contributed by atoms with van der Waals surface area (Å²) in [6.45, 7) is 0. The molecule has 3 nitrogen and oxygen atoms in total. The molecule has 7 heteroatoms. The van der Waals surface area contributed by atoms with Gasteiger partial charge in [0.25, 0.3) is 0 Å². The van der Waals surface area contributed by atoms with E-state index in [1.165, 1.54) is 6.20 Å². The fourth-order valence-corrected chi connectivity index (χ4v) is 2.39. The number of hydrogen-bond donors (Lipinski definition) is 0. The summed E-state index contributed by atoms with van der Waals surface area (Å²) in [5.41, 5.74) is 0.421. The Labute approximate surface area is 123 Å². The van der Waals surface area contributed by atoms with Gasteiger partial charge in [0.15, 0.2) is 0 Å². The monoisotopic (exact) mass is 311 g/mol. The average Bonchev–Trinajstić information content (AvgIpc) is 2.75. The summed E-state index contributed by atoms with van der Waals surface area (Å²) >= 11 is 5.92. The molecular weight excluding hydrogens is 303 g/mol. The van der Waals surface area contributed by atoms with E-state index in [1.54, 1.807) is 29.8 Å². The lowest BCUT2D eigenvalue weighted by Crippen LogP contribution is -2.09. The summed E-state index contributed by atoms with van der Waals surface area (Å²) in [7, 11) is 1.65. The third-order valence-corrected chi connectivity index (χ3v) is 3.45. The van der Waals surface area contributed by atoms with Crippen LogP contribution < -0.4 is 0 Å². The minimum absolute atomic E-state index is 0.0557. The van der Waals surface area contributed by atoms with Gasteiger partial charge in [0.05, 0.1) is 16.6 Å². The van der Waals surface area contributed by atoms with Gasteiger partial charge in [-0.3, -0.25) is 4.98 Å². The van der Waals surface area contributed by atoms with Crippen LogP contribution in [0.4, 0.5) is 13.2 Å². The summed E-state index contributed by atoms with van der Waals surface area (Å²) in [5.74, 6) is 0.202. The van der Waals surface area contributed by atoms with Gasteiger partial charge in [-0.25, -0.2) is 4.98 Å². The van der Waals surface area contributed by atoms with E-state index in [0.29, 0.717) is 16.1 Å². The van der Waals surface area contributed by atoms with Gasteiger partial charge in [-0.15, -0.1) is 0 Å². The molecule has 2 aromatic heterocycles. The maximum absolute atomic E-state index is 13.1. The number of alkyl halides is 3. The molecule has 1 aromatic carbocycles. The lowest BCUT2D eigenvalue weighted by Gasteiger charge is -2.11. The van der Waals surface area contributed by atoms with Crippen molar-refractivity contribution < 1.29 is 13.2 Å². The van der Waals surface area contributed by atoms with E-state index in [9.17, 15) is 13.2 Å². The van der Waals surface area contributed by atoms with Crippen LogP contribution in [0.1, 0.15) is 5.56 Å². The van der Waals surface area contributed by atoms with E-state index in [4.69, 9.17) is 11.6 Å². The second-order valence-corrected chi connectivity index (χ2v) is 4.98. The molecule has 0 aliphatic heterocycles. The molecule has 0 radical (unpaired) electrons. The molecule has 2 heterocycles. The van der Waals surface area contributed by atoms with E-state index in [0.717, 1.165) is 12.3 Å². The molecule has 0 spiro atoms. The molecule has 3 aromatic rings. The third-order valence-electron chi connectivity index (χ3n) is 3.21. The molecule has 0 saturated heterocycles. The van der Waals surface area contributed by atoms with Gasteiger partial charge in [0.1, 0.15) is 5.82 Å². The number of hydrogen-bond acceptors (Lipinski definition) is 2. The number of aromatic nitrogens is 3. The maximum Gasteiger partial charge on any atom is 0.417 e. The SMILES string of the molecule is Cn1c(-c2cnccc2C(F)(F)F)nc2ccc(Cl)cc21. The van der Waals surface area contributed by atoms with Crippen molar-refractivity contribution in [1.82, 2.24) is 14.5 Å². The first-order valence-electron chi connectivity index (χ1n) is 6.01. The van der Waals surface area contributed by atoms with Gasteiger partial charge < -0.3 is 4.57 Å². The van der Waals surface area contributed by atoms with Crippen LogP contribution in [0.25, 0.3) is 22.4 Å². The van der Waals surface area contributed by atoms with E-state index < -0.39 is 11.7 Å². The smallest absolute Gasteiger partial charge is 0.327 e. The van der Waals surface area contributed by atoms with Gasteiger partial charge in [-0.2, -0.15) is 13.2 Å². The van der Waals surface area contributed by atoms with Gasteiger partial charge in [0.2, 0.25) is 0 Å². The zero-order chi connectivity index (χ0) is 15.2. The van der Waals surface area contributed by atoms with Crippen LogP contribution in [-0.2, 0) is 13.2 Å². The van der Waals surface area contributed by atoms with Crippen molar-refractivity contribution in [2.45, 2.75) is 6.18 Å². The number of pyridine rings is 1. The Balaban J connectivity index is 2.29. The molecule has 0 saturated carbocycles. The highest BCUT2D eigenvalue weighted by atomic mass is 35.5. The Hall–Kier alpha value is -2.08. The number of benzene rings is 1. The maximum atomic E-state index is 13.1. The third kappa shape index (κ3) is 2.35. The standard InChI is InChI=1S/C14H9ClF3N3/c1-21-12-6-8(15)2-3-11(12)20-13(21)9-7-19-5-4-10(9)14(16,17)18/h2-7H,1H3. The minimum atomic E-state index is -4.46. The normalized spacial score (nSPS) is 12.0. The Morgan fingerprint density at radius 3 is 2.67 bits per heavy atom. The zero-order valence-corrected chi connectivity index (χ0v) is 11.6. The van der Waals surface area contributed by atoms with Crippen LogP contribution >= 0.6 is 11.6 Å². The van der Waals surface area contributed by atoms with Gasteiger partial charge >= 0.3 is 6.18 Å². The second-order valence-electron chi connectivity index (χ2n) is 4.55. The van der Waals surface area contributed by atoms with E-state index in [1.807, 2.05) is 0 Å². The van der Waals surface area contributed by atoms with Crippen molar-refractivity contribution in [1.29, 1.82) is 0 Å². The Morgan fingerprint density at radius 2 is 1.95 bits per heavy atom. The van der Waals surface area contributed by atoms with Crippen molar-refractivity contribution in [3.8, 4) is 11.4 Å². The lowest BCUT2D eigenvalue weighted by atomic mass is 10.1. The molecule has 0 bridgehead atoms. The predicted octanol–water partition coefficient (Wildman–Crippen LogP) is 4.31. The number of nitrogens with zero attached hydrogens (tertiary/aromatic N) is 3. The number of rotatable bonds is 1. The Morgan fingerprint density at radius 1 is 1.19 bits per heavy atom. The van der Waals surface area contributed by atoms with E-state index in [-0.39, 0.29) is 11.4 Å². The highest BCUT2D eigenvalue weighted by Gasteiger charge is 2.34. The summed E-state index contributed by atoms with van der Waals surface area (Å²) in [5, 5.41) is 0.499. The largest absolute Gasteiger partial charge is 0.417 e. The van der Waals surface area contributed by atoms with E-state index in [2.05, 4.69) is 9.97 Å². The number of halogens is 4. The highest BCUT2D eigenvalue weighted by Crippen LogP contribution is 2.37. The van der Waals surface area contributed by atoms with Crippen LogP contribution in [0, 0.1) is 0 Å². The van der Waals surface area contributed by atoms with Crippen LogP contribution in [0.5, 0.6) is 0 Å². The second kappa shape index (κ2) is 4.73. The first-order valence-corrected chi connectivity index (χ1v) is 6.39. The molecule has 0 N–H and O–H groups in total. The fraction of sp³-hybridized carbons (Fsp3) is 0.143. The molecule has 0 atom stereocenters. The van der Waals surface area contributed by atoms with Crippen LogP contribution in [-0.4, -0.2) is 14.5 Å². The zero-order valence-electron chi connectivity index (χ0n) is 10.8. The summed E-state index contributed by atoms with van der Waals surface area (Å²) in [6.07, 6.45) is -2.18. The Kier molecular flexibility index (Phi) is 3.13. The summed E-state index contributed by atoms with van der Waals surface area (Å²) in [6, 6.07) is 5.93. The van der Waals surface area contributed by atoms with Gasteiger partial charge in [-0.1, -0.05) is 11.6 Å². The first kappa shape index (κ1) is 13.9. The molecule has 0 unspecified atom stereocenters. The number of fused-ring (bicyclic) bond motifs is 1. The molecule has 0 fully saturated rings. The van der Waals surface area contributed by atoms with Crippen molar-refractivity contribution in [3.05, 3.63) is 47.2 Å². The highest BCUT2D eigenvalue weighted by molar-refractivity contribution is 6.31. The number of aryl methyl sites for hydroxylation is 1.